The highest BCUT2D eigenvalue weighted by Gasteiger charge is 2.16. The molecule has 0 unspecified atom stereocenters. The van der Waals surface area contributed by atoms with E-state index in [2.05, 4.69) is 58.0 Å². The standard InChI is InChI=1S/C22H24BrN3O3/c1-12-8-15-19(16(23)9-12)24-21(28)20(15)26-25-18(27)11-29-17-7-6-14(10-13(17)2)22(3,4)5/h6-10,24,28H,11H2,1-5H3. The summed E-state index contributed by atoms with van der Waals surface area (Å²) in [5, 5.41) is 18.5. The van der Waals surface area contributed by atoms with E-state index in [9.17, 15) is 9.90 Å². The number of nitrogens with zero attached hydrogens (tertiary/aromatic N) is 2. The summed E-state index contributed by atoms with van der Waals surface area (Å²) in [5.74, 6) is -0.0433. The van der Waals surface area contributed by atoms with Gasteiger partial charge in [0.25, 0.3) is 0 Å². The number of fused-ring (bicyclic) bond motifs is 1. The highest BCUT2D eigenvalue weighted by atomic mass is 79.9. The number of aromatic nitrogens is 1. The van der Waals surface area contributed by atoms with E-state index in [1.807, 2.05) is 38.1 Å². The molecule has 0 aliphatic heterocycles. The number of benzene rings is 2. The Morgan fingerprint density at radius 3 is 2.59 bits per heavy atom. The van der Waals surface area contributed by atoms with Crippen LogP contribution in [0, 0.1) is 13.8 Å². The number of aryl methyl sites for hydroxylation is 2. The second-order valence-corrected chi connectivity index (χ2v) is 8.96. The van der Waals surface area contributed by atoms with Crippen molar-refractivity contribution in [1.29, 1.82) is 0 Å². The van der Waals surface area contributed by atoms with Gasteiger partial charge in [-0.1, -0.05) is 32.9 Å². The molecule has 0 atom stereocenters. The number of hydrogen-bond acceptors (Lipinski definition) is 4. The van der Waals surface area contributed by atoms with Gasteiger partial charge >= 0.3 is 5.91 Å². The first kappa shape index (κ1) is 21.0. The summed E-state index contributed by atoms with van der Waals surface area (Å²) in [6, 6.07) is 9.72. The zero-order valence-electron chi connectivity index (χ0n) is 17.1. The fraction of sp³-hybridized carbons (Fsp3) is 0.318. The minimum absolute atomic E-state index is 0.0437. The number of carbonyl (C=O) groups is 1. The normalized spacial score (nSPS) is 12.1. The summed E-state index contributed by atoms with van der Waals surface area (Å²) >= 11 is 3.45. The molecule has 1 aromatic heterocycles. The maximum atomic E-state index is 12.1. The number of ether oxygens (including phenoxy) is 1. The lowest BCUT2D eigenvalue weighted by Crippen LogP contribution is -2.12. The molecule has 0 fully saturated rings. The molecular weight excluding hydrogens is 434 g/mol. The summed E-state index contributed by atoms with van der Waals surface area (Å²) < 4.78 is 6.41. The molecule has 0 saturated heterocycles. The van der Waals surface area contributed by atoms with Crippen molar-refractivity contribution in [3.05, 3.63) is 51.5 Å². The van der Waals surface area contributed by atoms with Crippen LogP contribution in [0.1, 0.15) is 37.5 Å². The number of amides is 1. The number of aromatic amines is 1. The van der Waals surface area contributed by atoms with Crippen LogP contribution in [0.2, 0.25) is 0 Å². The fourth-order valence-corrected chi connectivity index (χ4v) is 3.69. The molecule has 0 spiro atoms. The van der Waals surface area contributed by atoms with Crippen LogP contribution in [-0.2, 0) is 10.2 Å². The van der Waals surface area contributed by atoms with Gasteiger partial charge in [-0.05, 0) is 70.1 Å². The van der Waals surface area contributed by atoms with Crippen molar-refractivity contribution in [1.82, 2.24) is 4.98 Å². The van der Waals surface area contributed by atoms with Gasteiger partial charge < -0.3 is 14.8 Å². The minimum Gasteiger partial charge on any atom is -0.493 e. The van der Waals surface area contributed by atoms with Crippen LogP contribution in [0.3, 0.4) is 0 Å². The Bertz CT molecular complexity index is 1110. The molecule has 152 valence electrons. The van der Waals surface area contributed by atoms with Crippen LogP contribution in [0.25, 0.3) is 10.9 Å². The number of nitrogens with one attached hydrogen (secondary N) is 1. The highest BCUT2D eigenvalue weighted by molar-refractivity contribution is 9.10. The van der Waals surface area contributed by atoms with Gasteiger partial charge in [0.2, 0.25) is 5.88 Å². The van der Waals surface area contributed by atoms with Gasteiger partial charge in [0.15, 0.2) is 12.3 Å². The molecule has 0 aliphatic rings. The van der Waals surface area contributed by atoms with Crippen molar-refractivity contribution in [2.75, 3.05) is 6.61 Å². The van der Waals surface area contributed by atoms with Crippen LogP contribution in [0.4, 0.5) is 5.69 Å². The molecule has 1 amide bonds. The van der Waals surface area contributed by atoms with E-state index >= 15 is 0 Å². The van der Waals surface area contributed by atoms with Crippen LogP contribution < -0.4 is 4.74 Å². The van der Waals surface area contributed by atoms with Gasteiger partial charge in [-0.15, -0.1) is 10.2 Å². The molecule has 1 heterocycles. The summed E-state index contributed by atoms with van der Waals surface area (Å²) in [4.78, 5) is 15.0. The predicted octanol–water partition coefficient (Wildman–Crippen LogP) is 6.24. The van der Waals surface area contributed by atoms with E-state index < -0.39 is 5.91 Å². The van der Waals surface area contributed by atoms with Gasteiger partial charge in [-0.2, -0.15) is 0 Å². The van der Waals surface area contributed by atoms with Gasteiger partial charge in [0.05, 0.1) is 5.52 Å². The lowest BCUT2D eigenvalue weighted by atomic mass is 9.86. The Hall–Kier alpha value is -2.67. The van der Waals surface area contributed by atoms with Crippen LogP contribution in [-0.4, -0.2) is 22.6 Å². The summed E-state index contributed by atoms with van der Waals surface area (Å²) in [7, 11) is 0. The van der Waals surface area contributed by atoms with E-state index in [1.54, 1.807) is 0 Å². The number of H-pyrrole nitrogens is 1. The molecule has 7 heteroatoms. The lowest BCUT2D eigenvalue weighted by molar-refractivity contribution is -0.120. The molecule has 0 aliphatic carbocycles. The molecule has 6 nitrogen and oxygen atoms in total. The Kier molecular flexibility index (Phi) is 5.80. The van der Waals surface area contributed by atoms with Gasteiger partial charge in [0.1, 0.15) is 5.75 Å². The first-order valence-electron chi connectivity index (χ1n) is 9.25. The predicted molar refractivity (Wildman–Crippen MR) is 117 cm³/mol. The lowest BCUT2D eigenvalue weighted by Gasteiger charge is -2.20. The van der Waals surface area contributed by atoms with Crippen molar-refractivity contribution < 1.29 is 14.6 Å². The third-order valence-corrected chi connectivity index (χ3v) is 5.24. The Morgan fingerprint density at radius 1 is 1.21 bits per heavy atom. The number of hydrogen-bond donors (Lipinski definition) is 2. The number of azo groups is 1. The van der Waals surface area contributed by atoms with E-state index in [1.165, 1.54) is 5.56 Å². The summed E-state index contributed by atoms with van der Waals surface area (Å²) in [5.41, 5.74) is 4.11. The number of aromatic hydroxyl groups is 1. The van der Waals surface area contributed by atoms with Crippen LogP contribution >= 0.6 is 15.9 Å². The van der Waals surface area contributed by atoms with E-state index in [0.29, 0.717) is 16.7 Å². The third kappa shape index (κ3) is 4.67. The first-order valence-corrected chi connectivity index (χ1v) is 10.0. The molecule has 29 heavy (non-hydrogen) atoms. The van der Waals surface area contributed by atoms with Gasteiger partial charge in [-0.3, -0.25) is 4.79 Å². The molecule has 3 aromatic rings. The Morgan fingerprint density at radius 2 is 1.93 bits per heavy atom. The molecule has 2 aromatic carbocycles. The number of carbonyl (C=O) groups excluding carboxylic acids is 1. The topological polar surface area (TPSA) is 87.0 Å². The average Bonchev–Trinajstić information content (AvgIpc) is 2.93. The maximum absolute atomic E-state index is 12.1. The van der Waals surface area contributed by atoms with Crippen molar-refractivity contribution >= 4 is 38.4 Å². The van der Waals surface area contributed by atoms with E-state index in [0.717, 1.165) is 15.6 Å². The van der Waals surface area contributed by atoms with Crippen molar-refractivity contribution in [3.8, 4) is 11.6 Å². The van der Waals surface area contributed by atoms with Crippen molar-refractivity contribution in [3.63, 3.8) is 0 Å². The number of rotatable bonds is 4. The molecule has 2 N–H and O–H groups in total. The monoisotopic (exact) mass is 457 g/mol. The second kappa shape index (κ2) is 7.99. The Labute approximate surface area is 178 Å². The summed E-state index contributed by atoms with van der Waals surface area (Å²) in [6.07, 6.45) is 0. The van der Waals surface area contributed by atoms with Crippen LogP contribution in [0.15, 0.2) is 45.0 Å². The van der Waals surface area contributed by atoms with Gasteiger partial charge in [-0.25, -0.2) is 0 Å². The Balaban J connectivity index is 1.73. The molecule has 3 rings (SSSR count). The van der Waals surface area contributed by atoms with Crippen LogP contribution in [0.5, 0.6) is 11.6 Å². The fourth-order valence-electron chi connectivity index (χ4n) is 3.01. The molecule has 0 saturated carbocycles. The van der Waals surface area contributed by atoms with E-state index in [4.69, 9.17) is 4.74 Å². The third-order valence-electron chi connectivity index (χ3n) is 4.61. The molecular formula is C22H24BrN3O3. The zero-order chi connectivity index (χ0) is 21.3. The van der Waals surface area contributed by atoms with Gasteiger partial charge in [0, 0.05) is 9.86 Å². The highest BCUT2D eigenvalue weighted by Crippen LogP contribution is 2.39. The SMILES string of the molecule is Cc1cc(Br)c2[nH]c(O)c(N=NC(=O)COc3ccc(C(C)(C)C)cc3C)c2c1. The average molecular weight is 458 g/mol. The van der Waals surface area contributed by atoms with Crippen molar-refractivity contribution in [2.45, 2.75) is 40.0 Å². The van der Waals surface area contributed by atoms with E-state index in [-0.39, 0.29) is 23.6 Å². The molecule has 0 radical (unpaired) electrons. The quantitative estimate of drug-likeness (QED) is 0.454. The molecule has 0 bridgehead atoms. The number of halogens is 1. The van der Waals surface area contributed by atoms with Crippen molar-refractivity contribution in [2.24, 2.45) is 10.2 Å². The first-order chi connectivity index (χ1) is 13.6. The largest absolute Gasteiger partial charge is 0.493 e. The zero-order valence-corrected chi connectivity index (χ0v) is 18.7. The second-order valence-electron chi connectivity index (χ2n) is 8.10. The summed E-state index contributed by atoms with van der Waals surface area (Å²) in [6.45, 7) is 10.1. The minimum atomic E-state index is -0.537. The smallest absolute Gasteiger partial charge is 0.302 e. The maximum Gasteiger partial charge on any atom is 0.302 e.